The van der Waals surface area contributed by atoms with Crippen molar-refractivity contribution in [1.29, 1.82) is 0 Å². The molecule has 1 unspecified atom stereocenters. The van der Waals surface area contributed by atoms with Gasteiger partial charge < -0.3 is 0 Å². The zero-order valence-corrected chi connectivity index (χ0v) is 12.7. The molecule has 0 aliphatic rings. The fraction of sp³-hybridized carbons (Fsp3) is 0.625. The van der Waals surface area contributed by atoms with Crippen LogP contribution in [-0.4, -0.2) is 6.04 Å². The highest BCUT2D eigenvalue weighted by Crippen LogP contribution is 2.29. The minimum atomic E-state index is 0.207. The van der Waals surface area contributed by atoms with Crippen molar-refractivity contribution >= 4 is 0 Å². The number of benzene rings is 1. The minimum absolute atomic E-state index is 0.207. The first kappa shape index (κ1) is 15.2. The van der Waals surface area contributed by atoms with E-state index in [0.717, 1.165) is 12.8 Å². The molecule has 0 saturated heterocycles. The quantitative estimate of drug-likeness (QED) is 0.619. The molecule has 0 amide bonds. The van der Waals surface area contributed by atoms with Gasteiger partial charge in [-0.2, -0.15) is 0 Å². The maximum Gasteiger partial charge on any atom is 0.0302 e. The fourth-order valence-electron chi connectivity index (χ4n) is 2.54. The van der Waals surface area contributed by atoms with Crippen molar-refractivity contribution in [1.82, 2.24) is 5.43 Å². The summed E-state index contributed by atoms with van der Waals surface area (Å²) >= 11 is 0. The van der Waals surface area contributed by atoms with Gasteiger partial charge in [-0.15, -0.1) is 0 Å². The molecule has 0 radical (unpaired) electrons. The van der Waals surface area contributed by atoms with Crippen molar-refractivity contribution in [3.63, 3.8) is 0 Å². The van der Waals surface area contributed by atoms with Crippen molar-refractivity contribution < 1.29 is 0 Å². The highest BCUT2D eigenvalue weighted by Gasteiger charge is 2.27. The lowest BCUT2D eigenvalue weighted by molar-refractivity contribution is 0.231. The Balaban J connectivity index is 3.03. The molecule has 18 heavy (non-hydrogen) atoms. The Kier molecular flexibility index (Phi) is 4.94. The summed E-state index contributed by atoms with van der Waals surface area (Å²) in [7, 11) is 0. The van der Waals surface area contributed by atoms with Gasteiger partial charge in [-0.1, -0.05) is 38.5 Å². The van der Waals surface area contributed by atoms with Crippen LogP contribution in [0, 0.1) is 26.2 Å². The van der Waals surface area contributed by atoms with Crippen LogP contribution < -0.4 is 11.3 Å². The minimum Gasteiger partial charge on any atom is -0.271 e. The third kappa shape index (κ3) is 3.33. The predicted octanol–water partition coefficient (Wildman–Crippen LogP) is 3.42. The van der Waals surface area contributed by atoms with E-state index < -0.39 is 0 Å². The summed E-state index contributed by atoms with van der Waals surface area (Å²) in [4.78, 5) is 0. The lowest BCUT2D eigenvalue weighted by atomic mass is 9.78. The molecule has 0 bridgehead atoms. The molecule has 1 rings (SSSR count). The smallest absolute Gasteiger partial charge is 0.0302 e. The SMILES string of the molecule is CCC(C)(C)C(Cc1c(C)cc(C)cc1C)NN. The predicted molar refractivity (Wildman–Crippen MR) is 79.5 cm³/mol. The largest absolute Gasteiger partial charge is 0.271 e. The molecule has 2 nitrogen and oxygen atoms in total. The van der Waals surface area contributed by atoms with E-state index in [1.807, 2.05) is 0 Å². The molecule has 102 valence electrons. The van der Waals surface area contributed by atoms with E-state index >= 15 is 0 Å². The van der Waals surface area contributed by atoms with Crippen LogP contribution in [0.25, 0.3) is 0 Å². The van der Waals surface area contributed by atoms with Gasteiger partial charge in [0.2, 0.25) is 0 Å². The summed E-state index contributed by atoms with van der Waals surface area (Å²) in [5.74, 6) is 5.76. The van der Waals surface area contributed by atoms with E-state index in [9.17, 15) is 0 Å². The van der Waals surface area contributed by atoms with Gasteiger partial charge in [0.1, 0.15) is 0 Å². The topological polar surface area (TPSA) is 38.0 Å². The van der Waals surface area contributed by atoms with E-state index in [1.54, 1.807) is 0 Å². The maximum absolute atomic E-state index is 5.76. The Morgan fingerprint density at radius 1 is 1.17 bits per heavy atom. The van der Waals surface area contributed by atoms with E-state index in [-0.39, 0.29) is 5.41 Å². The van der Waals surface area contributed by atoms with Crippen molar-refractivity contribution in [2.45, 2.75) is 60.4 Å². The van der Waals surface area contributed by atoms with Gasteiger partial charge in [0.05, 0.1) is 0 Å². The van der Waals surface area contributed by atoms with E-state index in [4.69, 9.17) is 5.84 Å². The van der Waals surface area contributed by atoms with Gasteiger partial charge in [-0.25, -0.2) is 0 Å². The second-order valence-corrected chi connectivity index (χ2v) is 6.14. The van der Waals surface area contributed by atoms with Gasteiger partial charge in [0.25, 0.3) is 0 Å². The molecule has 1 atom stereocenters. The number of hydrogen-bond donors (Lipinski definition) is 2. The molecule has 0 aromatic heterocycles. The van der Waals surface area contributed by atoms with Crippen molar-refractivity contribution in [2.24, 2.45) is 11.3 Å². The summed E-state index contributed by atoms with van der Waals surface area (Å²) in [5, 5.41) is 0. The average molecular weight is 248 g/mol. The molecular weight excluding hydrogens is 220 g/mol. The van der Waals surface area contributed by atoms with Crippen LogP contribution in [0.1, 0.15) is 49.4 Å². The summed E-state index contributed by atoms with van der Waals surface area (Å²) < 4.78 is 0. The van der Waals surface area contributed by atoms with Crippen LogP contribution in [0.15, 0.2) is 12.1 Å². The van der Waals surface area contributed by atoms with Crippen LogP contribution in [-0.2, 0) is 6.42 Å². The Labute approximate surface area is 112 Å². The van der Waals surface area contributed by atoms with Crippen molar-refractivity contribution in [3.8, 4) is 0 Å². The van der Waals surface area contributed by atoms with Gasteiger partial charge >= 0.3 is 0 Å². The van der Waals surface area contributed by atoms with Crippen LogP contribution in [0.5, 0.6) is 0 Å². The van der Waals surface area contributed by atoms with E-state index in [1.165, 1.54) is 22.3 Å². The zero-order chi connectivity index (χ0) is 13.9. The van der Waals surface area contributed by atoms with E-state index in [2.05, 4.69) is 59.1 Å². The normalized spacial score (nSPS) is 13.7. The molecule has 0 heterocycles. The van der Waals surface area contributed by atoms with Gasteiger partial charge in [-0.05, 0) is 55.7 Å². The molecule has 3 N–H and O–H groups in total. The van der Waals surface area contributed by atoms with Gasteiger partial charge in [0, 0.05) is 6.04 Å². The Morgan fingerprint density at radius 2 is 1.67 bits per heavy atom. The molecule has 1 aromatic carbocycles. The Hall–Kier alpha value is -0.860. The summed E-state index contributed by atoms with van der Waals surface area (Å²) in [6.45, 7) is 13.3. The second kappa shape index (κ2) is 5.85. The number of hydrazine groups is 1. The Bertz CT molecular complexity index is 385. The van der Waals surface area contributed by atoms with Crippen LogP contribution in [0.2, 0.25) is 0 Å². The first-order chi connectivity index (χ1) is 8.31. The first-order valence-electron chi connectivity index (χ1n) is 6.84. The highest BCUT2D eigenvalue weighted by molar-refractivity contribution is 5.38. The molecule has 1 aromatic rings. The average Bonchev–Trinajstić information content (AvgIpc) is 2.27. The molecular formula is C16H28N2. The Morgan fingerprint density at radius 3 is 2.06 bits per heavy atom. The monoisotopic (exact) mass is 248 g/mol. The first-order valence-corrected chi connectivity index (χ1v) is 6.84. The lowest BCUT2D eigenvalue weighted by Crippen LogP contribution is -2.47. The standard InChI is InChI=1S/C16H28N2/c1-7-16(5,6)15(18-17)10-14-12(3)8-11(2)9-13(14)4/h8-9,15,18H,7,10,17H2,1-6H3. The van der Waals surface area contributed by atoms with Crippen molar-refractivity contribution in [3.05, 3.63) is 34.4 Å². The third-order valence-electron chi connectivity index (χ3n) is 4.30. The number of aryl methyl sites for hydroxylation is 3. The third-order valence-corrected chi connectivity index (χ3v) is 4.30. The van der Waals surface area contributed by atoms with Crippen LogP contribution in [0.3, 0.4) is 0 Å². The summed E-state index contributed by atoms with van der Waals surface area (Å²) in [5.41, 5.74) is 8.74. The van der Waals surface area contributed by atoms with Gasteiger partial charge in [-0.3, -0.25) is 11.3 Å². The summed E-state index contributed by atoms with van der Waals surface area (Å²) in [6, 6.07) is 4.83. The molecule has 0 aliphatic heterocycles. The molecule has 2 heteroatoms. The van der Waals surface area contributed by atoms with Crippen molar-refractivity contribution in [2.75, 3.05) is 0 Å². The molecule has 0 saturated carbocycles. The van der Waals surface area contributed by atoms with Crippen LogP contribution in [0.4, 0.5) is 0 Å². The zero-order valence-electron chi connectivity index (χ0n) is 12.7. The fourth-order valence-corrected chi connectivity index (χ4v) is 2.54. The van der Waals surface area contributed by atoms with Gasteiger partial charge in [0.15, 0.2) is 0 Å². The number of hydrogen-bond acceptors (Lipinski definition) is 2. The number of nitrogens with one attached hydrogen (secondary N) is 1. The molecule has 0 fully saturated rings. The highest BCUT2D eigenvalue weighted by atomic mass is 15.2. The number of rotatable bonds is 5. The second-order valence-electron chi connectivity index (χ2n) is 6.14. The number of nitrogens with two attached hydrogens (primary N) is 1. The van der Waals surface area contributed by atoms with Crippen LogP contribution >= 0.6 is 0 Å². The maximum atomic E-state index is 5.76. The van der Waals surface area contributed by atoms with E-state index in [0.29, 0.717) is 6.04 Å². The summed E-state index contributed by atoms with van der Waals surface area (Å²) in [6.07, 6.45) is 2.11. The molecule has 0 spiro atoms. The lowest BCUT2D eigenvalue weighted by Gasteiger charge is -2.34. The molecule has 0 aliphatic carbocycles.